The topological polar surface area (TPSA) is 103 Å². The highest BCUT2D eigenvalue weighted by Gasteiger charge is 2.28. The summed E-state index contributed by atoms with van der Waals surface area (Å²) < 4.78 is 6.32. The monoisotopic (exact) mass is 198 g/mol. The van der Waals surface area contributed by atoms with Crippen LogP contribution in [0.3, 0.4) is 0 Å². The van der Waals surface area contributed by atoms with E-state index in [1.165, 1.54) is 4.68 Å². The van der Waals surface area contributed by atoms with Gasteiger partial charge in [0.25, 0.3) is 0 Å². The van der Waals surface area contributed by atoms with Crippen LogP contribution >= 0.6 is 0 Å². The Kier molecular flexibility index (Phi) is 2.18. The minimum absolute atomic E-state index is 0.0195. The van der Waals surface area contributed by atoms with Crippen LogP contribution in [0.25, 0.3) is 0 Å². The molecule has 0 atom stereocenters. The summed E-state index contributed by atoms with van der Waals surface area (Å²) in [5, 5.41) is 16.4. The second-order valence-electron chi connectivity index (χ2n) is 3.03. The van der Waals surface area contributed by atoms with Gasteiger partial charge in [-0.3, -0.25) is 0 Å². The molecule has 1 aromatic heterocycles. The molecular formula is C7H10N4O3. The van der Waals surface area contributed by atoms with E-state index in [4.69, 9.17) is 15.6 Å². The highest BCUT2D eigenvalue weighted by atomic mass is 16.5. The lowest BCUT2D eigenvalue weighted by Gasteiger charge is -2.26. The highest BCUT2D eigenvalue weighted by Crippen LogP contribution is 2.19. The molecule has 1 aliphatic heterocycles. The van der Waals surface area contributed by atoms with Gasteiger partial charge in [-0.1, -0.05) is 5.21 Å². The quantitative estimate of drug-likeness (QED) is 0.646. The van der Waals surface area contributed by atoms with Crippen molar-refractivity contribution in [3.8, 4) is 0 Å². The maximum atomic E-state index is 10.9. The molecule has 0 saturated carbocycles. The van der Waals surface area contributed by atoms with Crippen molar-refractivity contribution in [1.82, 2.24) is 15.0 Å². The largest absolute Gasteiger partial charge is 0.476 e. The molecule has 1 aromatic rings. The summed E-state index contributed by atoms with van der Waals surface area (Å²) in [7, 11) is 0. The van der Waals surface area contributed by atoms with Crippen molar-refractivity contribution in [2.45, 2.75) is 12.6 Å². The van der Waals surface area contributed by atoms with Crippen LogP contribution in [-0.2, 0) is 11.3 Å². The molecule has 0 spiro atoms. The lowest BCUT2D eigenvalue weighted by Crippen LogP contribution is -2.33. The van der Waals surface area contributed by atoms with E-state index in [-0.39, 0.29) is 18.3 Å². The van der Waals surface area contributed by atoms with Crippen molar-refractivity contribution in [3.63, 3.8) is 0 Å². The Balaban J connectivity index is 2.38. The number of carboxylic acids is 1. The first kappa shape index (κ1) is 9.10. The van der Waals surface area contributed by atoms with Crippen molar-refractivity contribution < 1.29 is 14.6 Å². The van der Waals surface area contributed by atoms with Gasteiger partial charge in [-0.2, -0.15) is 0 Å². The van der Waals surface area contributed by atoms with Crippen LogP contribution in [0.4, 0.5) is 0 Å². The molecule has 0 unspecified atom stereocenters. The number of nitrogens with zero attached hydrogens (tertiary/aromatic N) is 3. The number of rotatable bonds is 3. The fourth-order valence-corrected chi connectivity index (χ4v) is 1.31. The second kappa shape index (κ2) is 3.35. The van der Waals surface area contributed by atoms with E-state index in [1.54, 1.807) is 0 Å². The second-order valence-corrected chi connectivity index (χ2v) is 3.03. The summed E-state index contributed by atoms with van der Waals surface area (Å²) in [6.07, 6.45) is 0. The lowest BCUT2D eigenvalue weighted by atomic mass is 10.2. The van der Waals surface area contributed by atoms with Gasteiger partial charge in [0.15, 0.2) is 5.69 Å². The maximum absolute atomic E-state index is 10.9. The van der Waals surface area contributed by atoms with Crippen LogP contribution < -0.4 is 5.73 Å². The molecule has 14 heavy (non-hydrogen) atoms. The zero-order chi connectivity index (χ0) is 10.1. The van der Waals surface area contributed by atoms with Crippen molar-refractivity contribution in [3.05, 3.63) is 11.4 Å². The van der Waals surface area contributed by atoms with E-state index in [0.717, 1.165) is 0 Å². The third kappa shape index (κ3) is 1.26. The molecule has 76 valence electrons. The van der Waals surface area contributed by atoms with Gasteiger partial charge in [-0.05, 0) is 0 Å². The zero-order valence-corrected chi connectivity index (χ0v) is 7.38. The number of carboxylic acid groups (broad SMARTS) is 1. The number of ether oxygens (including phenoxy) is 1. The molecule has 0 amide bonds. The SMILES string of the molecule is NCc1nnn(C2COC2)c1C(=O)O. The number of hydrogen-bond donors (Lipinski definition) is 2. The molecule has 7 heteroatoms. The Morgan fingerprint density at radius 2 is 2.43 bits per heavy atom. The number of aromatic carboxylic acids is 1. The highest BCUT2D eigenvalue weighted by molar-refractivity contribution is 5.86. The molecule has 2 heterocycles. The summed E-state index contributed by atoms with van der Waals surface area (Å²) in [4.78, 5) is 10.9. The first-order chi connectivity index (χ1) is 6.74. The standard InChI is InChI=1S/C7H10N4O3/c8-1-5-6(7(12)13)11(10-9-5)4-2-14-3-4/h4H,1-3,8H2,(H,12,13). The summed E-state index contributed by atoms with van der Waals surface area (Å²) in [6, 6.07) is -0.0195. The lowest BCUT2D eigenvalue weighted by molar-refractivity contribution is -0.0307. The minimum Gasteiger partial charge on any atom is -0.476 e. The Morgan fingerprint density at radius 3 is 2.86 bits per heavy atom. The van der Waals surface area contributed by atoms with Gasteiger partial charge >= 0.3 is 5.97 Å². The normalized spacial score (nSPS) is 16.6. The van der Waals surface area contributed by atoms with E-state index in [1.807, 2.05) is 0 Å². The molecule has 0 aliphatic carbocycles. The van der Waals surface area contributed by atoms with Gasteiger partial charge in [0.05, 0.1) is 13.2 Å². The Bertz CT molecular complexity index is 358. The van der Waals surface area contributed by atoms with Crippen LogP contribution in [-0.4, -0.2) is 39.3 Å². The fraction of sp³-hybridized carbons (Fsp3) is 0.571. The molecule has 7 nitrogen and oxygen atoms in total. The van der Waals surface area contributed by atoms with Gasteiger partial charge in [0, 0.05) is 6.54 Å². The van der Waals surface area contributed by atoms with Crippen LogP contribution in [0.1, 0.15) is 22.2 Å². The number of carbonyl (C=O) groups is 1. The summed E-state index contributed by atoms with van der Waals surface area (Å²) >= 11 is 0. The van der Waals surface area contributed by atoms with E-state index in [0.29, 0.717) is 18.9 Å². The first-order valence-electron chi connectivity index (χ1n) is 4.19. The average Bonchev–Trinajstić information content (AvgIpc) is 2.44. The molecule has 1 fully saturated rings. The maximum Gasteiger partial charge on any atom is 0.356 e. The smallest absolute Gasteiger partial charge is 0.356 e. The van der Waals surface area contributed by atoms with E-state index >= 15 is 0 Å². The van der Waals surface area contributed by atoms with Crippen LogP contribution in [0.15, 0.2) is 0 Å². The van der Waals surface area contributed by atoms with Crippen molar-refractivity contribution in [1.29, 1.82) is 0 Å². The van der Waals surface area contributed by atoms with E-state index < -0.39 is 5.97 Å². The zero-order valence-electron chi connectivity index (χ0n) is 7.38. The van der Waals surface area contributed by atoms with Gasteiger partial charge in [0.2, 0.25) is 0 Å². The first-order valence-corrected chi connectivity index (χ1v) is 4.19. The fourth-order valence-electron chi connectivity index (χ4n) is 1.31. The average molecular weight is 198 g/mol. The van der Waals surface area contributed by atoms with Crippen LogP contribution in [0.5, 0.6) is 0 Å². The van der Waals surface area contributed by atoms with Crippen molar-refractivity contribution in [2.24, 2.45) is 5.73 Å². The van der Waals surface area contributed by atoms with Gasteiger partial charge in [0.1, 0.15) is 11.7 Å². The predicted octanol–water partition coefficient (Wildman–Crippen LogP) is -0.994. The van der Waals surface area contributed by atoms with E-state index in [2.05, 4.69) is 10.3 Å². The predicted molar refractivity (Wildman–Crippen MR) is 44.7 cm³/mol. The van der Waals surface area contributed by atoms with Gasteiger partial charge in [-0.15, -0.1) is 5.10 Å². The molecule has 1 saturated heterocycles. The van der Waals surface area contributed by atoms with Crippen molar-refractivity contribution >= 4 is 5.97 Å². The van der Waals surface area contributed by atoms with Crippen LogP contribution in [0.2, 0.25) is 0 Å². The molecule has 0 radical (unpaired) electrons. The minimum atomic E-state index is -1.05. The van der Waals surface area contributed by atoms with Gasteiger partial charge < -0.3 is 15.6 Å². The summed E-state index contributed by atoms with van der Waals surface area (Å²) in [6.45, 7) is 1.04. The number of nitrogens with two attached hydrogens (primary N) is 1. The Hall–Kier alpha value is -1.47. The molecule has 2 rings (SSSR count). The van der Waals surface area contributed by atoms with E-state index in [9.17, 15) is 4.79 Å². The van der Waals surface area contributed by atoms with Crippen LogP contribution in [0, 0.1) is 0 Å². The molecule has 3 N–H and O–H groups in total. The molecule has 0 bridgehead atoms. The summed E-state index contributed by atoms with van der Waals surface area (Å²) in [5.74, 6) is -1.05. The molecule has 0 aromatic carbocycles. The summed E-state index contributed by atoms with van der Waals surface area (Å²) in [5.41, 5.74) is 5.73. The van der Waals surface area contributed by atoms with Gasteiger partial charge in [-0.25, -0.2) is 9.48 Å². The third-order valence-electron chi connectivity index (χ3n) is 2.13. The molecule has 1 aliphatic rings. The number of aromatic nitrogens is 3. The third-order valence-corrected chi connectivity index (χ3v) is 2.13. The molecular weight excluding hydrogens is 188 g/mol. The van der Waals surface area contributed by atoms with Crippen molar-refractivity contribution in [2.75, 3.05) is 13.2 Å². The Labute approximate surface area is 79.5 Å². The number of hydrogen-bond acceptors (Lipinski definition) is 5. The Morgan fingerprint density at radius 1 is 1.71 bits per heavy atom.